The number of amides is 1. The van der Waals surface area contributed by atoms with Crippen molar-refractivity contribution < 1.29 is 14.3 Å². The summed E-state index contributed by atoms with van der Waals surface area (Å²) in [6.07, 6.45) is 1.79. The highest BCUT2D eigenvalue weighted by atomic mass is 79.9. The molecule has 1 fully saturated rings. The number of nitrogens with one attached hydrogen (secondary N) is 2. The number of rotatable bonds is 8. The van der Waals surface area contributed by atoms with Crippen molar-refractivity contribution in [2.45, 2.75) is 25.9 Å². The van der Waals surface area contributed by atoms with E-state index in [0.29, 0.717) is 16.5 Å². The summed E-state index contributed by atoms with van der Waals surface area (Å²) in [5, 5.41) is 6.97. The van der Waals surface area contributed by atoms with Gasteiger partial charge in [0.1, 0.15) is 12.4 Å². The Labute approximate surface area is 247 Å². The van der Waals surface area contributed by atoms with Crippen LogP contribution in [0.1, 0.15) is 34.7 Å². The Kier molecular flexibility index (Phi) is 8.20. The number of aromatic nitrogens is 2. The predicted molar refractivity (Wildman–Crippen MR) is 164 cm³/mol. The van der Waals surface area contributed by atoms with Crippen LogP contribution in [0.25, 0.3) is 5.69 Å². The Hall–Kier alpha value is -3.73. The number of thiocarbonyl (C=S) groups is 1. The third-order valence-electron chi connectivity index (χ3n) is 6.99. The lowest BCUT2D eigenvalue weighted by Gasteiger charge is -2.29. The lowest BCUT2D eigenvalue weighted by atomic mass is 9.96. The molecule has 2 aromatic heterocycles. The van der Waals surface area contributed by atoms with Crippen LogP contribution < -0.4 is 20.3 Å². The van der Waals surface area contributed by atoms with Gasteiger partial charge in [0.05, 0.1) is 36.3 Å². The summed E-state index contributed by atoms with van der Waals surface area (Å²) in [6.45, 7) is 4.16. The number of hydrogen-bond acceptors (Lipinski definition) is 5. The van der Waals surface area contributed by atoms with Crippen LogP contribution in [0.5, 0.6) is 5.75 Å². The normalized spacial score (nSPS) is 16.6. The van der Waals surface area contributed by atoms with Gasteiger partial charge < -0.3 is 29.6 Å². The first-order chi connectivity index (χ1) is 19.3. The van der Waals surface area contributed by atoms with Gasteiger partial charge in [0.2, 0.25) is 5.91 Å². The molecule has 2 atom stereocenters. The molecule has 0 aliphatic carbocycles. The second-order valence-corrected chi connectivity index (χ2v) is 10.7. The Bertz CT molecular complexity index is 1560. The molecule has 0 saturated carbocycles. The molecule has 0 spiro atoms. The molecule has 5 rings (SSSR count). The van der Waals surface area contributed by atoms with Crippen molar-refractivity contribution in [3.63, 3.8) is 0 Å². The van der Waals surface area contributed by atoms with E-state index < -0.39 is 0 Å². The molecule has 1 aliphatic heterocycles. The number of nitrogens with zero attached hydrogens (tertiary/aromatic N) is 3. The number of carbonyl (C=O) groups is 1. The van der Waals surface area contributed by atoms with Gasteiger partial charge in [0.25, 0.3) is 0 Å². The number of aryl methyl sites for hydroxylation is 1. The highest BCUT2D eigenvalue weighted by Crippen LogP contribution is 2.45. The number of pyridine rings is 1. The molecule has 1 aliphatic rings. The van der Waals surface area contributed by atoms with Crippen molar-refractivity contribution in [2.24, 2.45) is 0 Å². The van der Waals surface area contributed by atoms with E-state index in [9.17, 15) is 4.79 Å². The zero-order chi connectivity index (χ0) is 28.4. The highest BCUT2D eigenvalue weighted by Gasteiger charge is 2.42. The van der Waals surface area contributed by atoms with E-state index in [1.54, 1.807) is 13.3 Å². The first kappa shape index (κ1) is 27.8. The highest BCUT2D eigenvalue weighted by molar-refractivity contribution is 9.10. The average molecular weight is 621 g/mol. The number of anilines is 2. The molecule has 4 aromatic rings. The minimum Gasteiger partial charge on any atom is -0.495 e. The van der Waals surface area contributed by atoms with E-state index in [1.807, 2.05) is 54.6 Å². The maximum atomic E-state index is 12.4. The predicted octanol–water partition coefficient (Wildman–Crippen LogP) is 6.02. The number of hydrogen-bond donors (Lipinski definition) is 2. The summed E-state index contributed by atoms with van der Waals surface area (Å²) < 4.78 is 13.8. The van der Waals surface area contributed by atoms with E-state index in [4.69, 9.17) is 21.7 Å². The fourth-order valence-electron chi connectivity index (χ4n) is 5.30. The van der Waals surface area contributed by atoms with Crippen LogP contribution in [-0.4, -0.2) is 41.4 Å². The number of carbonyl (C=O) groups excluding carboxylic acids is 1. The minimum absolute atomic E-state index is 0.0670. The Morgan fingerprint density at radius 1 is 1.10 bits per heavy atom. The van der Waals surface area contributed by atoms with Crippen LogP contribution in [0, 0.1) is 13.8 Å². The molecule has 2 N–H and O–H groups in total. The molecule has 1 saturated heterocycles. The molecule has 3 heterocycles. The van der Waals surface area contributed by atoms with Crippen molar-refractivity contribution >= 4 is 50.5 Å². The van der Waals surface area contributed by atoms with Crippen molar-refractivity contribution in [1.82, 2.24) is 14.9 Å². The van der Waals surface area contributed by atoms with Crippen molar-refractivity contribution in [3.8, 4) is 11.4 Å². The van der Waals surface area contributed by atoms with Crippen molar-refractivity contribution in [3.05, 3.63) is 100 Å². The Morgan fingerprint density at radius 2 is 1.88 bits per heavy atom. The maximum absolute atomic E-state index is 12.4. The minimum atomic E-state index is -0.278. The lowest BCUT2D eigenvalue weighted by molar-refractivity contribution is -0.119. The third kappa shape index (κ3) is 5.22. The van der Waals surface area contributed by atoms with Gasteiger partial charge in [0, 0.05) is 34.9 Å². The monoisotopic (exact) mass is 619 g/mol. The van der Waals surface area contributed by atoms with Gasteiger partial charge in [-0.3, -0.25) is 9.78 Å². The topological polar surface area (TPSA) is 80.7 Å². The van der Waals surface area contributed by atoms with Crippen molar-refractivity contribution in [1.29, 1.82) is 0 Å². The number of para-hydroxylation sites is 1. The van der Waals surface area contributed by atoms with Gasteiger partial charge in [-0.05, 0) is 96.1 Å². The van der Waals surface area contributed by atoms with Gasteiger partial charge >= 0.3 is 0 Å². The van der Waals surface area contributed by atoms with Crippen LogP contribution in [-0.2, 0) is 9.53 Å². The van der Waals surface area contributed by atoms with Crippen LogP contribution in [0.2, 0.25) is 0 Å². The molecular formula is C30H30BrN5O3S. The number of halogens is 1. The van der Waals surface area contributed by atoms with Crippen LogP contribution in [0.15, 0.2) is 77.4 Å². The second kappa shape index (κ2) is 11.8. The molecule has 1 amide bonds. The van der Waals surface area contributed by atoms with Gasteiger partial charge in [0.15, 0.2) is 5.11 Å². The van der Waals surface area contributed by atoms with E-state index in [0.717, 1.165) is 38.5 Å². The summed E-state index contributed by atoms with van der Waals surface area (Å²) in [4.78, 5) is 19.2. The summed E-state index contributed by atoms with van der Waals surface area (Å²) in [5.74, 6) is 0.260. The lowest BCUT2D eigenvalue weighted by Crippen LogP contribution is -2.29. The quantitative estimate of drug-likeness (QED) is 0.233. The van der Waals surface area contributed by atoms with E-state index in [1.165, 1.54) is 7.11 Å². The van der Waals surface area contributed by atoms with Crippen molar-refractivity contribution in [2.75, 3.05) is 31.0 Å². The van der Waals surface area contributed by atoms with Crippen LogP contribution >= 0.6 is 28.1 Å². The average Bonchev–Trinajstić information content (AvgIpc) is 3.44. The molecule has 206 valence electrons. The molecule has 2 aromatic carbocycles. The van der Waals surface area contributed by atoms with Gasteiger partial charge in [-0.15, -0.1) is 0 Å². The van der Waals surface area contributed by atoms with Gasteiger partial charge in [-0.2, -0.15) is 0 Å². The molecule has 2 unspecified atom stereocenters. The molecule has 8 nitrogen and oxygen atoms in total. The smallest absolute Gasteiger partial charge is 0.250 e. The van der Waals surface area contributed by atoms with E-state index in [-0.39, 0.29) is 24.6 Å². The molecular weight excluding hydrogens is 590 g/mol. The summed E-state index contributed by atoms with van der Waals surface area (Å²) in [6, 6.07) is 21.5. The van der Waals surface area contributed by atoms with E-state index >= 15 is 0 Å². The van der Waals surface area contributed by atoms with Gasteiger partial charge in [-0.25, -0.2) is 0 Å². The molecule has 0 bridgehead atoms. The van der Waals surface area contributed by atoms with Crippen LogP contribution in [0.3, 0.4) is 0 Å². The summed E-state index contributed by atoms with van der Waals surface area (Å²) >= 11 is 9.67. The molecule has 0 radical (unpaired) electrons. The standard InChI is InChI=1S/C30H30BrN5O3S/c1-18-15-21(19(2)35(18)25-11-6-5-9-22(25)31)29-28(23-10-7-8-14-32-23)34-30(40)36(29)20-12-13-26(39-4)24(16-20)33-27(37)17-38-3/h5-16,28-29H,17H2,1-4H3,(H,33,37)(H,34,40). The molecule has 10 heteroatoms. The third-order valence-corrected chi connectivity index (χ3v) is 7.98. The Balaban J connectivity index is 1.66. The SMILES string of the molecule is COCC(=O)Nc1cc(N2C(=S)NC(c3ccccn3)C2c2cc(C)n(-c3ccccc3Br)c2C)ccc1OC. The zero-order valence-corrected chi connectivity index (χ0v) is 25.0. The fourth-order valence-corrected chi connectivity index (χ4v) is 6.11. The summed E-state index contributed by atoms with van der Waals surface area (Å²) in [7, 11) is 3.05. The summed E-state index contributed by atoms with van der Waals surface area (Å²) in [5.41, 5.74) is 6.57. The first-order valence-electron chi connectivity index (χ1n) is 12.7. The zero-order valence-electron chi connectivity index (χ0n) is 22.6. The second-order valence-electron chi connectivity index (χ2n) is 9.48. The van der Waals surface area contributed by atoms with Crippen LogP contribution in [0.4, 0.5) is 11.4 Å². The van der Waals surface area contributed by atoms with Gasteiger partial charge in [-0.1, -0.05) is 18.2 Å². The largest absolute Gasteiger partial charge is 0.495 e. The fraction of sp³-hybridized carbons (Fsp3) is 0.233. The first-order valence-corrected chi connectivity index (χ1v) is 14.0. The maximum Gasteiger partial charge on any atom is 0.250 e. The van der Waals surface area contributed by atoms with E-state index in [2.05, 4.69) is 67.0 Å². The molecule has 40 heavy (non-hydrogen) atoms. The number of methoxy groups -OCH3 is 2. The number of ether oxygens (including phenoxy) is 2. The number of benzene rings is 2. The Morgan fingerprint density at radius 3 is 2.58 bits per heavy atom.